The van der Waals surface area contributed by atoms with E-state index in [0.29, 0.717) is 5.56 Å². The zero-order valence-corrected chi connectivity index (χ0v) is 14.9. The number of rotatable bonds is 3. The van der Waals surface area contributed by atoms with Crippen LogP contribution in [0.4, 0.5) is 5.69 Å². The van der Waals surface area contributed by atoms with E-state index in [1.54, 1.807) is 0 Å². The first-order chi connectivity index (χ1) is 11.9. The molecular weight excluding hydrogens is 314 g/mol. The van der Waals surface area contributed by atoms with E-state index in [0.717, 1.165) is 22.6 Å². The van der Waals surface area contributed by atoms with Crippen LogP contribution in [-0.4, -0.2) is 29.2 Å². The fourth-order valence-corrected chi connectivity index (χ4v) is 3.70. The first kappa shape index (κ1) is 15.6. The van der Waals surface area contributed by atoms with E-state index in [1.165, 1.54) is 0 Å². The van der Waals surface area contributed by atoms with Gasteiger partial charge >= 0.3 is 5.97 Å². The largest absolute Gasteiger partial charge is 0.437 e. The minimum Gasteiger partial charge on any atom is -0.437 e. The molecule has 2 aromatic heterocycles. The molecule has 25 heavy (non-hydrogen) atoms. The number of anilines is 1. The lowest BCUT2D eigenvalue weighted by Gasteiger charge is -2.30. The Bertz CT molecular complexity index is 925. The number of cyclic esters (lactones) is 1. The van der Waals surface area contributed by atoms with E-state index < -0.39 is 5.60 Å². The highest BCUT2D eigenvalue weighted by Gasteiger charge is 2.51. The maximum absolute atomic E-state index is 12.8. The van der Waals surface area contributed by atoms with E-state index >= 15 is 0 Å². The molecule has 0 aliphatic carbocycles. The number of fused-ring (bicyclic) bond motifs is 1. The van der Waals surface area contributed by atoms with Crippen molar-refractivity contribution in [3.05, 3.63) is 77.4 Å². The Morgan fingerprint density at radius 3 is 2.04 bits per heavy atom. The first-order valence-corrected chi connectivity index (χ1v) is 8.24. The van der Waals surface area contributed by atoms with Crippen molar-refractivity contribution in [2.24, 2.45) is 14.1 Å². The van der Waals surface area contributed by atoms with Crippen LogP contribution in [-0.2, 0) is 24.4 Å². The van der Waals surface area contributed by atoms with Gasteiger partial charge in [-0.2, -0.15) is 0 Å². The topological polar surface area (TPSA) is 39.4 Å². The molecule has 3 heterocycles. The molecule has 128 valence electrons. The Morgan fingerprint density at radius 1 is 0.960 bits per heavy atom. The highest BCUT2D eigenvalue weighted by Crippen LogP contribution is 2.47. The molecule has 0 amide bonds. The van der Waals surface area contributed by atoms with Crippen molar-refractivity contribution >= 4 is 11.7 Å². The molecule has 0 fully saturated rings. The second kappa shape index (κ2) is 5.28. The van der Waals surface area contributed by atoms with Crippen molar-refractivity contribution in [2.45, 2.75) is 5.60 Å². The molecule has 0 bridgehead atoms. The highest BCUT2D eigenvalue weighted by atomic mass is 16.6. The summed E-state index contributed by atoms with van der Waals surface area (Å²) in [5.41, 5.74) is 3.40. The maximum Gasteiger partial charge on any atom is 0.340 e. The number of aromatic nitrogens is 2. The van der Waals surface area contributed by atoms with Gasteiger partial charge in [0.2, 0.25) is 5.60 Å². The van der Waals surface area contributed by atoms with Gasteiger partial charge in [0.1, 0.15) is 0 Å². The third-order valence-corrected chi connectivity index (χ3v) is 4.97. The predicted molar refractivity (Wildman–Crippen MR) is 96.9 cm³/mol. The molecule has 1 aliphatic heterocycles. The Hall–Kier alpha value is -2.95. The molecule has 0 radical (unpaired) electrons. The summed E-state index contributed by atoms with van der Waals surface area (Å²) in [7, 11) is 7.87. The number of nitrogens with zero attached hydrogens (tertiary/aromatic N) is 3. The van der Waals surface area contributed by atoms with Gasteiger partial charge in [-0.25, -0.2) is 4.79 Å². The second-order valence-electron chi connectivity index (χ2n) is 6.70. The monoisotopic (exact) mass is 335 g/mol. The van der Waals surface area contributed by atoms with Gasteiger partial charge in [0.15, 0.2) is 0 Å². The molecule has 5 nitrogen and oxygen atoms in total. The Morgan fingerprint density at radius 2 is 1.56 bits per heavy atom. The summed E-state index contributed by atoms with van der Waals surface area (Å²) in [4.78, 5) is 14.8. The van der Waals surface area contributed by atoms with Crippen LogP contribution in [0.1, 0.15) is 27.3 Å². The molecule has 0 spiro atoms. The summed E-state index contributed by atoms with van der Waals surface area (Å²) in [5.74, 6) is -0.291. The van der Waals surface area contributed by atoms with Crippen molar-refractivity contribution in [1.82, 2.24) is 9.13 Å². The first-order valence-electron chi connectivity index (χ1n) is 8.24. The van der Waals surface area contributed by atoms with Crippen molar-refractivity contribution in [3.63, 3.8) is 0 Å². The van der Waals surface area contributed by atoms with Crippen molar-refractivity contribution in [1.29, 1.82) is 0 Å². The molecule has 0 saturated carbocycles. The molecule has 0 saturated heterocycles. The average Bonchev–Trinajstić information content (AvgIpc) is 3.26. The minimum atomic E-state index is -0.937. The number of carbonyl (C=O) groups excluding carboxylic acids is 1. The van der Waals surface area contributed by atoms with E-state index in [4.69, 9.17) is 4.74 Å². The number of benzene rings is 1. The number of carbonyl (C=O) groups is 1. The minimum absolute atomic E-state index is 0.291. The average molecular weight is 335 g/mol. The van der Waals surface area contributed by atoms with Crippen LogP contribution in [0, 0.1) is 0 Å². The number of hydrogen-bond donors (Lipinski definition) is 0. The third-order valence-electron chi connectivity index (χ3n) is 4.97. The van der Waals surface area contributed by atoms with Gasteiger partial charge in [0.05, 0.1) is 17.0 Å². The molecule has 1 aliphatic rings. The molecular formula is C20H21N3O2. The van der Waals surface area contributed by atoms with E-state index in [1.807, 2.05) is 97.1 Å². The third kappa shape index (κ3) is 2.05. The molecule has 4 rings (SSSR count). The van der Waals surface area contributed by atoms with Crippen LogP contribution >= 0.6 is 0 Å². The zero-order chi connectivity index (χ0) is 17.8. The number of esters is 1. The second-order valence-corrected chi connectivity index (χ2v) is 6.70. The zero-order valence-electron chi connectivity index (χ0n) is 14.9. The van der Waals surface area contributed by atoms with Gasteiger partial charge < -0.3 is 18.8 Å². The lowest BCUT2D eigenvalue weighted by Crippen LogP contribution is -2.33. The lowest BCUT2D eigenvalue weighted by atomic mass is 9.85. The van der Waals surface area contributed by atoms with Gasteiger partial charge in [0, 0.05) is 51.8 Å². The summed E-state index contributed by atoms with van der Waals surface area (Å²) in [6.45, 7) is 0. The van der Waals surface area contributed by atoms with Crippen molar-refractivity contribution < 1.29 is 9.53 Å². The van der Waals surface area contributed by atoms with Crippen molar-refractivity contribution in [2.75, 3.05) is 19.0 Å². The van der Waals surface area contributed by atoms with E-state index in [2.05, 4.69) is 0 Å². The van der Waals surface area contributed by atoms with Crippen LogP contribution in [0.5, 0.6) is 0 Å². The predicted octanol–water partition coefficient (Wildman–Crippen LogP) is 2.89. The van der Waals surface area contributed by atoms with Crippen LogP contribution < -0.4 is 4.90 Å². The normalized spacial score (nSPS) is 15.1. The fourth-order valence-electron chi connectivity index (χ4n) is 3.70. The lowest BCUT2D eigenvalue weighted by molar-refractivity contribution is 0.0209. The Kier molecular flexibility index (Phi) is 3.29. The molecule has 5 heteroatoms. The van der Waals surface area contributed by atoms with Gasteiger partial charge in [-0.3, -0.25) is 0 Å². The standard InChI is InChI=1S/C20H21N3O2/c1-21(2)14-9-10-16-15(13-14)19(24)25-20(16,17-7-5-11-22(17)3)18-8-6-12-23(18)4/h5-13H,1-4H3. The summed E-state index contributed by atoms with van der Waals surface area (Å²) in [5, 5.41) is 0. The smallest absolute Gasteiger partial charge is 0.340 e. The van der Waals surface area contributed by atoms with Gasteiger partial charge in [0.25, 0.3) is 0 Å². The number of ether oxygens (including phenoxy) is 1. The summed E-state index contributed by atoms with van der Waals surface area (Å²) in [6, 6.07) is 13.9. The summed E-state index contributed by atoms with van der Waals surface area (Å²) < 4.78 is 10.1. The summed E-state index contributed by atoms with van der Waals surface area (Å²) in [6.07, 6.45) is 3.94. The van der Waals surface area contributed by atoms with Crippen LogP contribution in [0.15, 0.2) is 54.9 Å². The highest BCUT2D eigenvalue weighted by molar-refractivity contribution is 5.97. The van der Waals surface area contributed by atoms with Crippen molar-refractivity contribution in [3.8, 4) is 0 Å². The van der Waals surface area contributed by atoms with Gasteiger partial charge in [-0.15, -0.1) is 0 Å². The summed E-state index contributed by atoms with van der Waals surface area (Å²) >= 11 is 0. The van der Waals surface area contributed by atoms with Gasteiger partial charge in [-0.1, -0.05) is 6.07 Å². The van der Waals surface area contributed by atoms with Gasteiger partial charge in [-0.05, 0) is 36.4 Å². The van der Waals surface area contributed by atoms with Crippen LogP contribution in [0.2, 0.25) is 0 Å². The van der Waals surface area contributed by atoms with E-state index in [9.17, 15) is 4.79 Å². The van der Waals surface area contributed by atoms with Crippen LogP contribution in [0.3, 0.4) is 0 Å². The molecule has 1 aromatic carbocycles. The van der Waals surface area contributed by atoms with Crippen LogP contribution in [0.25, 0.3) is 0 Å². The maximum atomic E-state index is 12.8. The quantitative estimate of drug-likeness (QED) is 0.691. The molecule has 0 atom stereocenters. The number of aryl methyl sites for hydroxylation is 2. The molecule has 3 aromatic rings. The van der Waals surface area contributed by atoms with E-state index in [-0.39, 0.29) is 5.97 Å². The Balaban J connectivity index is 2.05. The molecule has 0 N–H and O–H groups in total. The molecule has 0 unspecified atom stereocenters. The fraction of sp³-hybridized carbons (Fsp3) is 0.250. The number of hydrogen-bond acceptors (Lipinski definition) is 3. The SMILES string of the molecule is CN(C)c1ccc2c(c1)C(=O)OC2(c1cccn1C)c1cccn1C. The Labute approximate surface area is 147 Å².